The number of nitrogens with two attached hydrogens (primary N) is 1. The number of aryl methyl sites for hydroxylation is 1. The van der Waals surface area contributed by atoms with Crippen molar-refractivity contribution in [1.29, 1.82) is 0 Å². The molecule has 2 rings (SSSR count). The van der Waals surface area contributed by atoms with Crippen LogP contribution in [0.4, 0.5) is 0 Å². The fourth-order valence-corrected chi connectivity index (χ4v) is 4.54. The average molecular weight is 266 g/mol. The van der Waals surface area contributed by atoms with Gasteiger partial charge in [0.05, 0.1) is 6.04 Å². The van der Waals surface area contributed by atoms with E-state index in [4.69, 9.17) is 5.73 Å². The van der Waals surface area contributed by atoms with Crippen molar-refractivity contribution >= 4 is 11.3 Å². The molecule has 1 unspecified atom stereocenters. The maximum Gasteiger partial charge on any atom is 0.0576 e. The molecule has 0 radical (unpaired) electrons. The lowest BCUT2D eigenvalue weighted by molar-refractivity contribution is 0.0782. The van der Waals surface area contributed by atoms with E-state index < -0.39 is 0 Å². The van der Waals surface area contributed by atoms with E-state index in [1.807, 2.05) is 11.3 Å². The zero-order valence-electron chi connectivity index (χ0n) is 11.9. The lowest BCUT2D eigenvalue weighted by Crippen LogP contribution is -2.53. The molecule has 1 atom stereocenters. The summed E-state index contributed by atoms with van der Waals surface area (Å²) in [5, 5.41) is 0. The Bertz CT molecular complexity index is 376. The van der Waals surface area contributed by atoms with Crippen LogP contribution in [0.15, 0.2) is 12.1 Å². The lowest BCUT2D eigenvalue weighted by atomic mass is 9.85. The van der Waals surface area contributed by atoms with Crippen LogP contribution in [-0.4, -0.2) is 23.5 Å². The predicted molar refractivity (Wildman–Crippen MR) is 80.1 cm³/mol. The van der Waals surface area contributed by atoms with Crippen LogP contribution in [0.3, 0.4) is 0 Å². The zero-order chi connectivity index (χ0) is 13.2. The largest absolute Gasteiger partial charge is 0.322 e. The van der Waals surface area contributed by atoms with Crippen LogP contribution in [-0.2, 0) is 0 Å². The van der Waals surface area contributed by atoms with Crippen LogP contribution in [0.25, 0.3) is 0 Å². The molecule has 0 bridgehead atoms. The standard InChI is InChI=1S/C15H26N2S/c1-4-17(5-2)15(10-6-7-11-15)14(16)13-9-8-12(3)18-13/h8-9,14H,4-7,10-11,16H2,1-3H3. The summed E-state index contributed by atoms with van der Waals surface area (Å²) in [5.41, 5.74) is 6.88. The van der Waals surface area contributed by atoms with Crippen LogP contribution in [0.1, 0.15) is 55.3 Å². The first-order valence-corrected chi connectivity index (χ1v) is 8.02. The Kier molecular flexibility index (Phi) is 4.46. The van der Waals surface area contributed by atoms with Gasteiger partial charge in [-0.15, -0.1) is 11.3 Å². The topological polar surface area (TPSA) is 29.3 Å². The molecule has 0 amide bonds. The molecular formula is C15H26N2S. The molecule has 0 saturated heterocycles. The van der Waals surface area contributed by atoms with E-state index in [9.17, 15) is 0 Å². The fraction of sp³-hybridized carbons (Fsp3) is 0.733. The summed E-state index contributed by atoms with van der Waals surface area (Å²) in [4.78, 5) is 5.33. The molecule has 1 heterocycles. The number of rotatable bonds is 5. The molecule has 1 saturated carbocycles. The smallest absolute Gasteiger partial charge is 0.0576 e. The van der Waals surface area contributed by atoms with E-state index in [-0.39, 0.29) is 11.6 Å². The Balaban J connectivity index is 2.29. The van der Waals surface area contributed by atoms with E-state index in [0.29, 0.717) is 0 Å². The molecule has 1 aromatic rings. The van der Waals surface area contributed by atoms with Crippen molar-refractivity contribution in [3.63, 3.8) is 0 Å². The van der Waals surface area contributed by atoms with Crippen molar-refractivity contribution in [3.05, 3.63) is 21.9 Å². The number of hydrogen-bond acceptors (Lipinski definition) is 3. The maximum atomic E-state index is 6.67. The first-order valence-electron chi connectivity index (χ1n) is 7.21. The summed E-state index contributed by atoms with van der Waals surface area (Å²) in [6.45, 7) is 8.90. The SMILES string of the molecule is CCN(CC)C1(C(N)c2ccc(C)s2)CCCC1. The highest BCUT2D eigenvalue weighted by molar-refractivity contribution is 7.12. The summed E-state index contributed by atoms with van der Waals surface area (Å²) in [6, 6.07) is 4.61. The van der Waals surface area contributed by atoms with Gasteiger partial charge in [-0.2, -0.15) is 0 Å². The van der Waals surface area contributed by atoms with Crippen molar-refractivity contribution in [3.8, 4) is 0 Å². The normalized spacial score (nSPS) is 20.5. The van der Waals surface area contributed by atoms with Gasteiger partial charge in [-0.3, -0.25) is 4.90 Å². The summed E-state index contributed by atoms with van der Waals surface area (Å²) in [7, 11) is 0. The first kappa shape index (κ1) is 14.0. The van der Waals surface area contributed by atoms with Gasteiger partial charge in [0.1, 0.15) is 0 Å². The van der Waals surface area contributed by atoms with Gasteiger partial charge in [0, 0.05) is 15.3 Å². The van der Waals surface area contributed by atoms with Gasteiger partial charge in [0.2, 0.25) is 0 Å². The quantitative estimate of drug-likeness (QED) is 0.880. The molecule has 0 aromatic carbocycles. The van der Waals surface area contributed by atoms with Gasteiger partial charge < -0.3 is 5.73 Å². The Morgan fingerprint density at radius 1 is 1.28 bits per heavy atom. The van der Waals surface area contributed by atoms with Gasteiger partial charge in [-0.25, -0.2) is 0 Å². The third kappa shape index (κ3) is 2.36. The molecule has 0 aliphatic heterocycles. The van der Waals surface area contributed by atoms with Crippen LogP contribution in [0.2, 0.25) is 0 Å². The minimum absolute atomic E-state index is 0.179. The fourth-order valence-electron chi connectivity index (χ4n) is 3.55. The minimum Gasteiger partial charge on any atom is -0.322 e. The van der Waals surface area contributed by atoms with E-state index >= 15 is 0 Å². The summed E-state index contributed by atoms with van der Waals surface area (Å²) in [5.74, 6) is 0. The molecule has 3 heteroatoms. The van der Waals surface area contributed by atoms with E-state index in [1.165, 1.54) is 35.4 Å². The van der Waals surface area contributed by atoms with Gasteiger partial charge in [0.25, 0.3) is 0 Å². The van der Waals surface area contributed by atoms with Crippen molar-refractivity contribution in [2.75, 3.05) is 13.1 Å². The second kappa shape index (κ2) is 5.72. The van der Waals surface area contributed by atoms with Gasteiger partial charge in [-0.05, 0) is 45.0 Å². The third-order valence-electron chi connectivity index (χ3n) is 4.51. The Morgan fingerprint density at radius 3 is 2.33 bits per heavy atom. The summed E-state index contributed by atoms with van der Waals surface area (Å²) >= 11 is 1.87. The molecule has 1 aliphatic carbocycles. The van der Waals surface area contributed by atoms with Crippen LogP contribution in [0.5, 0.6) is 0 Å². The van der Waals surface area contributed by atoms with Crippen LogP contribution in [0, 0.1) is 6.92 Å². The average Bonchev–Trinajstić information content (AvgIpc) is 3.00. The molecular weight excluding hydrogens is 240 g/mol. The van der Waals surface area contributed by atoms with Gasteiger partial charge in [0.15, 0.2) is 0 Å². The van der Waals surface area contributed by atoms with Crippen molar-refractivity contribution in [1.82, 2.24) is 4.90 Å². The first-order chi connectivity index (χ1) is 8.64. The monoisotopic (exact) mass is 266 g/mol. The molecule has 0 spiro atoms. The molecule has 1 aromatic heterocycles. The van der Waals surface area contributed by atoms with Gasteiger partial charge in [-0.1, -0.05) is 26.7 Å². The number of nitrogens with zero attached hydrogens (tertiary/aromatic N) is 1. The lowest BCUT2D eigenvalue weighted by Gasteiger charge is -2.44. The molecule has 1 aliphatic rings. The highest BCUT2D eigenvalue weighted by atomic mass is 32.1. The third-order valence-corrected chi connectivity index (χ3v) is 5.59. The van der Waals surface area contributed by atoms with Crippen LogP contribution >= 0.6 is 11.3 Å². The molecule has 102 valence electrons. The predicted octanol–water partition coefficient (Wildman–Crippen LogP) is 3.71. The van der Waals surface area contributed by atoms with E-state index in [1.54, 1.807) is 0 Å². The molecule has 2 N–H and O–H groups in total. The number of likely N-dealkylation sites (N-methyl/N-ethyl adjacent to an activating group) is 1. The van der Waals surface area contributed by atoms with Gasteiger partial charge >= 0.3 is 0 Å². The van der Waals surface area contributed by atoms with E-state index in [0.717, 1.165) is 13.1 Å². The van der Waals surface area contributed by atoms with Crippen LogP contribution < -0.4 is 5.73 Å². The van der Waals surface area contributed by atoms with Crippen molar-refractivity contribution in [2.45, 2.75) is 58.0 Å². The highest BCUT2D eigenvalue weighted by Crippen LogP contribution is 2.44. The van der Waals surface area contributed by atoms with Crippen molar-refractivity contribution < 1.29 is 0 Å². The highest BCUT2D eigenvalue weighted by Gasteiger charge is 2.44. The van der Waals surface area contributed by atoms with Crippen molar-refractivity contribution in [2.24, 2.45) is 5.73 Å². The summed E-state index contributed by atoms with van der Waals surface area (Å²) < 4.78 is 0. The number of thiophene rings is 1. The molecule has 18 heavy (non-hydrogen) atoms. The Hall–Kier alpha value is -0.380. The minimum atomic E-state index is 0.179. The zero-order valence-corrected chi connectivity index (χ0v) is 12.7. The Morgan fingerprint density at radius 2 is 1.89 bits per heavy atom. The second-order valence-corrected chi connectivity index (χ2v) is 6.73. The molecule has 2 nitrogen and oxygen atoms in total. The maximum absolute atomic E-state index is 6.67. The summed E-state index contributed by atoms with van der Waals surface area (Å²) in [6.07, 6.45) is 5.17. The van der Waals surface area contributed by atoms with E-state index in [2.05, 4.69) is 37.8 Å². The second-order valence-electron chi connectivity index (χ2n) is 5.41. The molecule has 1 fully saturated rings. The number of hydrogen-bond donors (Lipinski definition) is 1. The Labute approximate surface area is 115 Å².